The molecule has 3 aliphatic rings. The first-order chi connectivity index (χ1) is 23.3. The van der Waals surface area contributed by atoms with E-state index < -0.39 is 71.7 Å². The van der Waals surface area contributed by atoms with Crippen molar-refractivity contribution >= 4 is 23.8 Å². The molecule has 2 heterocycles. The lowest BCUT2D eigenvalue weighted by Gasteiger charge is -2.42. The van der Waals surface area contributed by atoms with E-state index in [1.54, 1.807) is 17.0 Å². The van der Waals surface area contributed by atoms with Crippen LogP contribution in [0.1, 0.15) is 87.2 Å². The van der Waals surface area contributed by atoms with Crippen LogP contribution in [0.15, 0.2) is 48.5 Å². The number of likely N-dealkylation sites (tertiary alicyclic amines) is 1. The van der Waals surface area contributed by atoms with Crippen molar-refractivity contribution in [2.24, 2.45) is 5.92 Å². The summed E-state index contributed by atoms with van der Waals surface area (Å²) < 4.78 is 92.3. The third kappa shape index (κ3) is 8.41. The highest BCUT2D eigenvalue weighted by Gasteiger charge is 2.48. The zero-order valence-corrected chi connectivity index (χ0v) is 27.8. The van der Waals surface area contributed by atoms with Gasteiger partial charge in [-0.25, -0.2) is 9.69 Å². The average Bonchev–Trinajstić information content (AvgIpc) is 3.25. The van der Waals surface area contributed by atoms with Gasteiger partial charge in [0.25, 0.3) is 5.91 Å². The van der Waals surface area contributed by atoms with Gasteiger partial charge in [-0.15, -0.1) is 0 Å². The summed E-state index contributed by atoms with van der Waals surface area (Å²) in [5.41, 5.74) is -3.60. The summed E-state index contributed by atoms with van der Waals surface area (Å²) in [6, 6.07) is 10.3. The number of imide groups is 1. The maximum atomic E-state index is 13.7. The molecule has 0 unspecified atom stereocenters. The SMILES string of the molecule is C[C@@H](O[C@H]1CCN(C(=O)C2CCC(NC(=O)CN3C(=O)OC(C)(C)C3=O)CC2)C[C@H]1c1ccccc1)c1cc(C(F)(F)F)cc(C(F)(F)F)c1. The highest BCUT2D eigenvalue weighted by Crippen LogP contribution is 2.40. The van der Waals surface area contributed by atoms with Gasteiger partial charge >= 0.3 is 18.4 Å². The second-order valence-corrected chi connectivity index (χ2v) is 13.6. The van der Waals surface area contributed by atoms with Crippen molar-refractivity contribution in [1.82, 2.24) is 15.1 Å². The minimum Gasteiger partial charge on any atom is -0.433 e. The van der Waals surface area contributed by atoms with E-state index in [4.69, 9.17) is 9.47 Å². The summed E-state index contributed by atoms with van der Waals surface area (Å²) in [6.45, 7) is 4.36. The number of ether oxygens (including phenoxy) is 2. The summed E-state index contributed by atoms with van der Waals surface area (Å²) in [6.07, 6.45) is -10.3. The Morgan fingerprint density at radius 2 is 1.54 bits per heavy atom. The Kier molecular flexibility index (Phi) is 10.6. The molecular formula is C35H39F6N3O6. The number of nitrogens with one attached hydrogen (secondary N) is 1. The summed E-state index contributed by atoms with van der Waals surface area (Å²) in [5.74, 6) is -1.91. The van der Waals surface area contributed by atoms with E-state index in [1.165, 1.54) is 20.8 Å². The molecule has 2 aromatic rings. The fourth-order valence-corrected chi connectivity index (χ4v) is 6.89. The van der Waals surface area contributed by atoms with Crippen LogP contribution >= 0.6 is 0 Å². The van der Waals surface area contributed by atoms with E-state index in [0.29, 0.717) is 44.2 Å². The molecule has 1 aliphatic carbocycles. The van der Waals surface area contributed by atoms with Gasteiger partial charge in [-0.1, -0.05) is 30.3 Å². The van der Waals surface area contributed by atoms with Crippen LogP contribution in [0.5, 0.6) is 0 Å². The number of carbonyl (C=O) groups is 4. The second kappa shape index (κ2) is 14.2. The van der Waals surface area contributed by atoms with Crippen molar-refractivity contribution in [3.05, 3.63) is 70.8 Å². The van der Waals surface area contributed by atoms with Crippen LogP contribution in [-0.4, -0.2) is 71.0 Å². The normalized spacial score (nSPS) is 24.9. The summed E-state index contributed by atoms with van der Waals surface area (Å²) in [4.78, 5) is 53.2. The molecule has 1 N–H and O–H groups in total. The Morgan fingerprint density at radius 1 is 0.940 bits per heavy atom. The van der Waals surface area contributed by atoms with Crippen LogP contribution in [0.2, 0.25) is 0 Å². The van der Waals surface area contributed by atoms with Gasteiger partial charge in [0.1, 0.15) is 6.54 Å². The molecule has 2 aliphatic heterocycles. The number of benzene rings is 2. The first kappa shape index (κ1) is 37.1. The molecule has 2 aromatic carbocycles. The zero-order chi connectivity index (χ0) is 36.6. The second-order valence-electron chi connectivity index (χ2n) is 13.6. The summed E-state index contributed by atoms with van der Waals surface area (Å²) in [7, 11) is 0. The predicted molar refractivity (Wildman–Crippen MR) is 166 cm³/mol. The third-order valence-corrected chi connectivity index (χ3v) is 9.61. The fraction of sp³-hybridized carbons (Fsp3) is 0.543. The highest BCUT2D eigenvalue weighted by atomic mass is 19.4. The van der Waals surface area contributed by atoms with Gasteiger partial charge in [-0.2, -0.15) is 26.3 Å². The molecule has 3 atom stereocenters. The summed E-state index contributed by atoms with van der Waals surface area (Å²) >= 11 is 0. The standard InChI is InChI=1S/C35H39F6N3O6/c1-20(23-15-24(34(36,37)38)17-25(16-23)35(39,40)41)49-28-13-14-43(18-27(28)21-7-5-4-6-8-21)30(46)22-9-11-26(12-10-22)42-29(45)19-44-31(47)33(2,3)50-32(44)48/h4-8,15-17,20,22,26-28H,9-14,18-19H2,1-3H3,(H,42,45)/t20-,22?,26?,27+,28+/m1/s1. The van der Waals surface area contributed by atoms with Crippen molar-refractivity contribution in [3.63, 3.8) is 0 Å². The Hall–Kier alpha value is -4.14. The molecule has 15 heteroatoms. The molecule has 5 rings (SSSR count). The minimum absolute atomic E-state index is 0.0810. The lowest BCUT2D eigenvalue weighted by molar-refractivity contribution is -0.143. The molecule has 0 bridgehead atoms. The smallest absolute Gasteiger partial charge is 0.418 e. The van der Waals surface area contributed by atoms with E-state index in [1.807, 2.05) is 18.2 Å². The molecule has 50 heavy (non-hydrogen) atoms. The largest absolute Gasteiger partial charge is 0.433 e. The van der Waals surface area contributed by atoms with Crippen LogP contribution in [0.3, 0.4) is 0 Å². The lowest BCUT2D eigenvalue weighted by atomic mass is 9.83. The Balaban J connectivity index is 1.21. The molecule has 3 fully saturated rings. The molecule has 4 amide bonds. The number of piperidine rings is 1. The molecule has 1 saturated carbocycles. The first-order valence-electron chi connectivity index (χ1n) is 16.5. The van der Waals surface area contributed by atoms with Crippen molar-refractivity contribution < 1.29 is 55.0 Å². The van der Waals surface area contributed by atoms with Gasteiger partial charge in [-0.05, 0) is 82.2 Å². The number of amides is 4. The maximum Gasteiger partial charge on any atom is 0.418 e. The van der Waals surface area contributed by atoms with Gasteiger partial charge in [0.15, 0.2) is 5.60 Å². The molecule has 272 valence electrons. The van der Waals surface area contributed by atoms with Gasteiger partial charge in [0.05, 0.1) is 23.3 Å². The van der Waals surface area contributed by atoms with Crippen molar-refractivity contribution in [2.45, 2.75) is 95.0 Å². The van der Waals surface area contributed by atoms with Crippen LogP contribution in [0.25, 0.3) is 0 Å². The van der Waals surface area contributed by atoms with E-state index >= 15 is 0 Å². The van der Waals surface area contributed by atoms with Crippen molar-refractivity contribution in [3.8, 4) is 0 Å². The van der Waals surface area contributed by atoms with Crippen LogP contribution < -0.4 is 5.32 Å². The third-order valence-electron chi connectivity index (χ3n) is 9.61. The Morgan fingerprint density at radius 3 is 2.08 bits per heavy atom. The van der Waals surface area contributed by atoms with E-state index in [-0.39, 0.29) is 42.6 Å². The molecule has 2 saturated heterocycles. The number of cyclic esters (lactones) is 1. The van der Waals surface area contributed by atoms with Crippen LogP contribution in [0, 0.1) is 5.92 Å². The van der Waals surface area contributed by atoms with Crippen molar-refractivity contribution in [2.75, 3.05) is 19.6 Å². The topological polar surface area (TPSA) is 105 Å². The monoisotopic (exact) mass is 711 g/mol. The Bertz CT molecular complexity index is 1560. The summed E-state index contributed by atoms with van der Waals surface area (Å²) in [5, 5.41) is 2.84. The van der Waals surface area contributed by atoms with Crippen LogP contribution in [-0.2, 0) is 36.2 Å². The Labute approximate surface area is 285 Å². The van der Waals surface area contributed by atoms with Gasteiger partial charge < -0.3 is 19.7 Å². The van der Waals surface area contributed by atoms with Gasteiger partial charge in [0, 0.05) is 31.0 Å². The molecule has 0 radical (unpaired) electrons. The first-order valence-corrected chi connectivity index (χ1v) is 16.5. The van der Waals surface area contributed by atoms with E-state index in [2.05, 4.69) is 5.32 Å². The predicted octanol–water partition coefficient (Wildman–Crippen LogP) is 6.62. The number of alkyl halides is 6. The highest BCUT2D eigenvalue weighted by molar-refractivity contribution is 6.04. The number of rotatable bonds is 8. The maximum absolute atomic E-state index is 13.7. The van der Waals surface area contributed by atoms with Gasteiger partial charge in [0.2, 0.25) is 11.8 Å². The van der Waals surface area contributed by atoms with Crippen molar-refractivity contribution in [1.29, 1.82) is 0 Å². The van der Waals surface area contributed by atoms with Gasteiger partial charge in [-0.3, -0.25) is 14.4 Å². The van der Waals surface area contributed by atoms with E-state index in [0.717, 1.165) is 10.5 Å². The van der Waals surface area contributed by atoms with E-state index in [9.17, 15) is 45.5 Å². The number of nitrogens with zero attached hydrogens (tertiary/aromatic N) is 2. The molecular weight excluding hydrogens is 672 g/mol. The van der Waals surface area contributed by atoms with Crippen LogP contribution in [0.4, 0.5) is 31.1 Å². The number of hydrogen-bond acceptors (Lipinski definition) is 6. The molecule has 9 nitrogen and oxygen atoms in total. The number of carbonyl (C=O) groups excluding carboxylic acids is 4. The fourth-order valence-electron chi connectivity index (χ4n) is 6.89. The lowest BCUT2D eigenvalue weighted by Crippen LogP contribution is -2.49. The average molecular weight is 712 g/mol. The molecule has 0 aromatic heterocycles. The number of halogens is 6. The minimum atomic E-state index is -4.99. The number of hydrogen-bond donors (Lipinski definition) is 1. The molecule has 0 spiro atoms. The quantitative estimate of drug-likeness (QED) is 0.309. The zero-order valence-electron chi connectivity index (χ0n) is 27.8.